The van der Waals surface area contributed by atoms with Crippen molar-refractivity contribution in [3.8, 4) is 0 Å². The first-order chi connectivity index (χ1) is 8.59. The lowest BCUT2D eigenvalue weighted by atomic mass is 10.1. The molecule has 0 unspecified atom stereocenters. The second kappa shape index (κ2) is 5.23. The van der Waals surface area contributed by atoms with Crippen molar-refractivity contribution in [1.29, 1.82) is 0 Å². The van der Waals surface area contributed by atoms with Gasteiger partial charge in [-0.25, -0.2) is 0 Å². The molecule has 2 N–H and O–H groups in total. The van der Waals surface area contributed by atoms with Crippen LogP contribution < -0.4 is 10.6 Å². The highest BCUT2D eigenvalue weighted by molar-refractivity contribution is 5.65. The number of hydrogen-bond donors (Lipinski definition) is 1. The van der Waals surface area contributed by atoms with Gasteiger partial charge in [0, 0.05) is 24.5 Å². The summed E-state index contributed by atoms with van der Waals surface area (Å²) in [5.41, 5.74) is 10.7. The van der Waals surface area contributed by atoms with Crippen molar-refractivity contribution in [2.75, 3.05) is 11.9 Å². The average Bonchev–Trinajstić information content (AvgIpc) is 2.38. The van der Waals surface area contributed by atoms with Crippen LogP contribution in [0.25, 0.3) is 0 Å². The van der Waals surface area contributed by atoms with Crippen molar-refractivity contribution in [2.45, 2.75) is 19.9 Å². The van der Waals surface area contributed by atoms with Crippen LogP contribution in [-0.4, -0.2) is 7.05 Å². The minimum Gasteiger partial charge on any atom is -0.344 e. The Bertz CT molecular complexity index is 515. The molecule has 0 aliphatic heterocycles. The summed E-state index contributed by atoms with van der Waals surface area (Å²) in [6, 6.07) is 16.9. The molecule has 0 amide bonds. The smallest absolute Gasteiger partial charge is 0.0437 e. The van der Waals surface area contributed by atoms with E-state index in [1.54, 1.807) is 0 Å². The fourth-order valence-corrected chi connectivity index (χ4v) is 2.08. The van der Waals surface area contributed by atoms with E-state index in [-0.39, 0.29) is 6.04 Å². The van der Waals surface area contributed by atoms with Crippen LogP contribution in [0.1, 0.15) is 24.1 Å². The molecule has 0 spiro atoms. The molecule has 94 valence electrons. The topological polar surface area (TPSA) is 29.3 Å². The molecule has 2 nitrogen and oxygen atoms in total. The number of benzene rings is 2. The quantitative estimate of drug-likeness (QED) is 0.884. The minimum atomic E-state index is 0.0859. The molecule has 1 atom stereocenters. The van der Waals surface area contributed by atoms with Crippen LogP contribution in [0.5, 0.6) is 0 Å². The molecule has 2 rings (SSSR count). The second-order valence-electron chi connectivity index (χ2n) is 4.73. The summed E-state index contributed by atoms with van der Waals surface area (Å²) >= 11 is 0. The first-order valence-electron chi connectivity index (χ1n) is 6.24. The Labute approximate surface area is 109 Å². The van der Waals surface area contributed by atoms with Crippen LogP contribution in [0.2, 0.25) is 0 Å². The fraction of sp³-hybridized carbons (Fsp3) is 0.250. The predicted octanol–water partition coefficient (Wildman–Crippen LogP) is 3.78. The Hall–Kier alpha value is -1.80. The standard InChI is InChI=1S/C16H20N2/c1-12-6-4-5-7-16(12)18(3)15-10-8-14(9-11-15)13(2)17/h4-11,13H,17H2,1-3H3/t13-/m0/s1. The number of nitrogens with zero attached hydrogens (tertiary/aromatic N) is 1. The maximum Gasteiger partial charge on any atom is 0.0437 e. The van der Waals surface area contributed by atoms with Crippen molar-refractivity contribution in [3.63, 3.8) is 0 Å². The lowest BCUT2D eigenvalue weighted by molar-refractivity contribution is 0.818. The second-order valence-corrected chi connectivity index (χ2v) is 4.73. The molecule has 0 aliphatic carbocycles. The maximum absolute atomic E-state index is 5.86. The molecule has 0 saturated heterocycles. The third kappa shape index (κ3) is 2.54. The average molecular weight is 240 g/mol. The van der Waals surface area contributed by atoms with Gasteiger partial charge >= 0.3 is 0 Å². The van der Waals surface area contributed by atoms with E-state index in [9.17, 15) is 0 Å². The highest BCUT2D eigenvalue weighted by atomic mass is 15.1. The van der Waals surface area contributed by atoms with Crippen LogP contribution in [-0.2, 0) is 0 Å². The molecular weight excluding hydrogens is 220 g/mol. The van der Waals surface area contributed by atoms with E-state index in [0.717, 1.165) is 5.56 Å². The van der Waals surface area contributed by atoms with Crippen LogP contribution in [0, 0.1) is 6.92 Å². The van der Waals surface area contributed by atoms with Crippen molar-refractivity contribution >= 4 is 11.4 Å². The van der Waals surface area contributed by atoms with Gasteiger partial charge in [-0.15, -0.1) is 0 Å². The molecule has 0 aliphatic rings. The highest BCUT2D eigenvalue weighted by Gasteiger charge is 2.06. The van der Waals surface area contributed by atoms with Crippen molar-refractivity contribution in [1.82, 2.24) is 0 Å². The van der Waals surface area contributed by atoms with Gasteiger partial charge in [0.15, 0.2) is 0 Å². The SMILES string of the molecule is Cc1ccccc1N(C)c1ccc([C@H](C)N)cc1. The van der Waals surface area contributed by atoms with Gasteiger partial charge in [-0.2, -0.15) is 0 Å². The molecule has 2 heteroatoms. The normalized spacial score (nSPS) is 12.2. The Balaban J connectivity index is 2.29. The summed E-state index contributed by atoms with van der Waals surface area (Å²) in [6.07, 6.45) is 0. The maximum atomic E-state index is 5.86. The Morgan fingerprint density at radius 3 is 2.17 bits per heavy atom. The monoisotopic (exact) mass is 240 g/mol. The van der Waals surface area contributed by atoms with E-state index in [2.05, 4.69) is 67.4 Å². The van der Waals surface area contributed by atoms with E-state index in [1.165, 1.54) is 16.9 Å². The molecule has 0 aromatic heterocycles. The highest BCUT2D eigenvalue weighted by Crippen LogP contribution is 2.27. The Morgan fingerprint density at radius 2 is 1.61 bits per heavy atom. The van der Waals surface area contributed by atoms with Crippen LogP contribution in [0.3, 0.4) is 0 Å². The first kappa shape index (κ1) is 12.7. The van der Waals surface area contributed by atoms with Gasteiger partial charge in [-0.05, 0) is 43.2 Å². The lowest BCUT2D eigenvalue weighted by Crippen LogP contribution is -2.11. The minimum absolute atomic E-state index is 0.0859. The number of para-hydroxylation sites is 1. The van der Waals surface area contributed by atoms with Gasteiger partial charge in [-0.1, -0.05) is 30.3 Å². The number of rotatable bonds is 3. The van der Waals surface area contributed by atoms with Gasteiger partial charge in [0.05, 0.1) is 0 Å². The van der Waals surface area contributed by atoms with Crippen molar-refractivity contribution < 1.29 is 0 Å². The predicted molar refractivity (Wildman–Crippen MR) is 78.3 cm³/mol. The fourth-order valence-electron chi connectivity index (χ4n) is 2.08. The van der Waals surface area contributed by atoms with Crippen LogP contribution in [0.4, 0.5) is 11.4 Å². The summed E-state index contributed by atoms with van der Waals surface area (Å²) in [7, 11) is 2.09. The van der Waals surface area contributed by atoms with Crippen LogP contribution in [0.15, 0.2) is 48.5 Å². The molecular formula is C16H20N2. The third-order valence-electron chi connectivity index (χ3n) is 3.28. The van der Waals surface area contributed by atoms with Gasteiger partial charge in [0.25, 0.3) is 0 Å². The Morgan fingerprint density at radius 1 is 1.00 bits per heavy atom. The van der Waals surface area contributed by atoms with Gasteiger partial charge in [0.1, 0.15) is 0 Å². The van der Waals surface area contributed by atoms with Gasteiger partial charge < -0.3 is 10.6 Å². The van der Waals surface area contributed by atoms with Gasteiger partial charge in [0.2, 0.25) is 0 Å². The Kier molecular flexibility index (Phi) is 3.68. The molecule has 0 fully saturated rings. The van der Waals surface area contributed by atoms with E-state index in [4.69, 9.17) is 5.73 Å². The third-order valence-corrected chi connectivity index (χ3v) is 3.28. The summed E-state index contributed by atoms with van der Waals surface area (Å²) < 4.78 is 0. The number of aryl methyl sites for hydroxylation is 1. The number of hydrogen-bond acceptors (Lipinski definition) is 2. The largest absolute Gasteiger partial charge is 0.344 e. The van der Waals surface area contributed by atoms with Crippen molar-refractivity contribution in [2.24, 2.45) is 5.73 Å². The van der Waals surface area contributed by atoms with E-state index >= 15 is 0 Å². The van der Waals surface area contributed by atoms with Gasteiger partial charge in [-0.3, -0.25) is 0 Å². The zero-order valence-electron chi connectivity index (χ0n) is 11.2. The van der Waals surface area contributed by atoms with Crippen LogP contribution >= 0.6 is 0 Å². The zero-order valence-corrected chi connectivity index (χ0v) is 11.2. The molecule has 0 saturated carbocycles. The molecule has 0 radical (unpaired) electrons. The molecule has 2 aromatic rings. The van der Waals surface area contributed by atoms with E-state index in [1.807, 2.05) is 6.92 Å². The van der Waals surface area contributed by atoms with Crippen molar-refractivity contribution in [3.05, 3.63) is 59.7 Å². The number of nitrogens with two attached hydrogens (primary N) is 1. The summed E-state index contributed by atoms with van der Waals surface area (Å²) in [5.74, 6) is 0. The number of anilines is 2. The molecule has 0 bridgehead atoms. The summed E-state index contributed by atoms with van der Waals surface area (Å²) in [6.45, 7) is 4.13. The zero-order chi connectivity index (χ0) is 13.1. The molecule has 0 heterocycles. The molecule has 2 aromatic carbocycles. The first-order valence-corrected chi connectivity index (χ1v) is 6.24. The lowest BCUT2D eigenvalue weighted by Gasteiger charge is -2.22. The summed E-state index contributed by atoms with van der Waals surface area (Å²) in [4.78, 5) is 2.19. The van der Waals surface area contributed by atoms with E-state index in [0.29, 0.717) is 0 Å². The van der Waals surface area contributed by atoms with E-state index < -0.39 is 0 Å². The summed E-state index contributed by atoms with van der Waals surface area (Å²) in [5, 5.41) is 0. The molecule has 18 heavy (non-hydrogen) atoms.